The fourth-order valence-corrected chi connectivity index (χ4v) is 2.17. The van der Waals surface area contributed by atoms with Gasteiger partial charge in [-0.05, 0) is 25.7 Å². The third-order valence-corrected chi connectivity index (χ3v) is 3.07. The van der Waals surface area contributed by atoms with Gasteiger partial charge in [0.05, 0.1) is 18.9 Å². The summed E-state index contributed by atoms with van der Waals surface area (Å²) in [6, 6.07) is 1.41. The standard InChI is InChI=1S/C13H18N2O4/c1-3-18-12(16)11-9-10(5-7-14)6-8-15(11)13(17)19-4-2/h4,10-11H,2-3,5-6,8-9H2,1H3/t10-,11-/m1/s1. The Kier molecular flexibility index (Phi) is 5.86. The molecule has 0 bridgehead atoms. The van der Waals surface area contributed by atoms with Gasteiger partial charge in [-0.15, -0.1) is 0 Å². The van der Waals surface area contributed by atoms with E-state index in [4.69, 9.17) is 14.7 Å². The maximum absolute atomic E-state index is 11.9. The highest BCUT2D eigenvalue weighted by atomic mass is 16.6. The molecule has 6 heteroatoms. The monoisotopic (exact) mass is 266 g/mol. The first-order valence-corrected chi connectivity index (χ1v) is 6.25. The van der Waals surface area contributed by atoms with Gasteiger partial charge in [-0.25, -0.2) is 9.59 Å². The van der Waals surface area contributed by atoms with Crippen molar-refractivity contribution in [3.05, 3.63) is 12.8 Å². The molecule has 1 amide bonds. The predicted octanol–water partition coefficient (Wildman–Crippen LogP) is 1.82. The number of carbonyl (C=O) groups is 2. The smallest absolute Gasteiger partial charge is 0.415 e. The molecular formula is C13H18N2O4. The van der Waals surface area contributed by atoms with E-state index < -0.39 is 18.1 Å². The van der Waals surface area contributed by atoms with Crippen molar-refractivity contribution >= 4 is 12.1 Å². The highest BCUT2D eigenvalue weighted by molar-refractivity contribution is 5.81. The Morgan fingerprint density at radius 3 is 2.89 bits per heavy atom. The number of amides is 1. The van der Waals surface area contributed by atoms with E-state index in [0.717, 1.165) is 6.26 Å². The lowest BCUT2D eigenvalue weighted by molar-refractivity contribution is -0.150. The predicted molar refractivity (Wildman–Crippen MR) is 66.8 cm³/mol. The third-order valence-electron chi connectivity index (χ3n) is 3.07. The zero-order chi connectivity index (χ0) is 14.3. The Morgan fingerprint density at radius 1 is 1.58 bits per heavy atom. The Labute approximate surface area is 112 Å². The van der Waals surface area contributed by atoms with Crippen molar-refractivity contribution in [3.8, 4) is 6.07 Å². The van der Waals surface area contributed by atoms with Crippen LogP contribution in [0.4, 0.5) is 4.79 Å². The molecule has 0 saturated carbocycles. The molecule has 1 saturated heterocycles. The van der Waals surface area contributed by atoms with Crippen molar-refractivity contribution in [2.24, 2.45) is 5.92 Å². The van der Waals surface area contributed by atoms with Crippen molar-refractivity contribution in [1.82, 2.24) is 4.90 Å². The van der Waals surface area contributed by atoms with Crippen LogP contribution in [0.1, 0.15) is 26.2 Å². The maximum Gasteiger partial charge on any atom is 0.415 e. The molecule has 1 fully saturated rings. The first-order chi connectivity index (χ1) is 9.13. The topological polar surface area (TPSA) is 79.6 Å². The lowest BCUT2D eigenvalue weighted by Gasteiger charge is -2.36. The third kappa shape index (κ3) is 3.98. The molecule has 0 aromatic rings. The van der Waals surface area contributed by atoms with Gasteiger partial charge in [-0.2, -0.15) is 5.26 Å². The Bertz CT molecular complexity index is 389. The second-order valence-electron chi connectivity index (χ2n) is 4.26. The molecule has 0 aromatic carbocycles. The fraction of sp³-hybridized carbons (Fsp3) is 0.615. The average Bonchev–Trinajstić information content (AvgIpc) is 2.39. The SMILES string of the molecule is C=COC(=O)N1CC[C@@H](CC#N)C[C@@H]1C(=O)OCC. The van der Waals surface area contributed by atoms with Gasteiger partial charge in [0.15, 0.2) is 0 Å². The van der Waals surface area contributed by atoms with E-state index in [1.54, 1.807) is 6.92 Å². The number of ether oxygens (including phenoxy) is 2. The van der Waals surface area contributed by atoms with Crippen LogP contribution < -0.4 is 0 Å². The first kappa shape index (κ1) is 15.0. The number of nitriles is 1. The molecule has 0 aliphatic carbocycles. The first-order valence-electron chi connectivity index (χ1n) is 6.25. The highest BCUT2D eigenvalue weighted by Gasteiger charge is 2.37. The molecule has 2 atom stereocenters. The van der Waals surface area contributed by atoms with Crippen LogP contribution in [0.5, 0.6) is 0 Å². The molecule has 104 valence electrons. The van der Waals surface area contributed by atoms with Gasteiger partial charge < -0.3 is 9.47 Å². The van der Waals surface area contributed by atoms with Crippen LogP contribution in [-0.4, -0.2) is 36.2 Å². The van der Waals surface area contributed by atoms with E-state index >= 15 is 0 Å². The average molecular weight is 266 g/mol. The molecule has 1 heterocycles. The normalized spacial score (nSPS) is 22.2. The molecule has 1 rings (SSSR count). The zero-order valence-corrected chi connectivity index (χ0v) is 11.0. The molecule has 1 aliphatic rings. The molecule has 6 nitrogen and oxygen atoms in total. The summed E-state index contributed by atoms with van der Waals surface area (Å²) >= 11 is 0. The van der Waals surface area contributed by atoms with E-state index in [1.165, 1.54) is 4.90 Å². The summed E-state index contributed by atoms with van der Waals surface area (Å²) in [5.41, 5.74) is 0. The van der Waals surface area contributed by atoms with Crippen LogP contribution in [0.2, 0.25) is 0 Å². The fourth-order valence-electron chi connectivity index (χ4n) is 2.17. The Morgan fingerprint density at radius 2 is 2.32 bits per heavy atom. The van der Waals surface area contributed by atoms with E-state index in [2.05, 4.69) is 12.6 Å². The molecule has 1 aliphatic heterocycles. The molecular weight excluding hydrogens is 248 g/mol. The molecule has 19 heavy (non-hydrogen) atoms. The molecule has 0 unspecified atom stereocenters. The number of hydrogen-bond acceptors (Lipinski definition) is 5. The number of esters is 1. The molecule has 0 spiro atoms. The number of carbonyl (C=O) groups excluding carboxylic acids is 2. The van der Waals surface area contributed by atoms with Crippen LogP contribution >= 0.6 is 0 Å². The lowest BCUT2D eigenvalue weighted by atomic mass is 9.89. The Hall–Kier alpha value is -2.03. The van der Waals surface area contributed by atoms with Crippen LogP contribution in [-0.2, 0) is 14.3 Å². The number of piperidine rings is 1. The minimum absolute atomic E-state index is 0.104. The van der Waals surface area contributed by atoms with Crippen LogP contribution in [0.25, 0.3) is 0 Å². The van der Waals surface area contributed by atoms with E-state index in [-0.39, 0.29) is 12.5 Å². The number of likely N-dealkylation sites (tertiary alicyclic amines) is 1. The maximum atomic E-state index is 11.9. The number of rotatable bonds is 4. The second-order valence-corrected chi connectivity index (χ2v) is 4.26. The molecule has 0 radical (unpaired) electrons. The van der Waals surface area contributed by atoms with Crippen molar-refractivity contribution in [2.45, 2.75) is 32.2 Å². The van der Waals surface area contributed by atoms with Gasteiger partial charge in [-0.1, -0.05) is 6.58 Å². The van der Waals surface area contributed by atoms with Gasteiger partial charge in [0.1, 0.15) is 6.04 Å². The zero-order valence-electron chi connectivity index (χ0n) is 11.0. The number of nitrogens with zero attached hydrogens (tertiary/aromatic N) is 2. The van der Waals surface area contributed by atoms with E-state index in [1.807, 2.05) is 0 Å². The summed E-state index contributed by atoms with van der Waals surface area (Å²) in [5, 5.41) is 8.72. The highest BCUT2D eigenvalue weighted by Crippen LogP contribution is 2.26. The summed E-state index contributed by atoms with van der Waals surface area (Å²) < 4.78 is 9.68. The molecule has 0 aromatic heterocycles. The van der Waals surface area contributed by atoms with Crippen LogP contribution in [0.3, 0.4) is 0 Å². The van der Waals surface area contributed by atoms with Crippen molar-refractivity contribution in [2.75, 3.05) is 13.2 Å². The van der Waals surface area contributed by atoms with Crippen molar-refractivity contribution < 1.29 is 19.1 Å². The summed E-state index contributed by atoms with van der Waals surface area (Å²) in [6.45, 7) is 5.66. The minimum Gasteiger partial charge on any atom is -0.464 e. The Balaban J connectivity index is 2.78. The van der Waals surface area contributed by atoms with Crippen LogP contribution in [0.15, 0.2) is 12.8 Å². The van der Waals surface area contributed by atoms with Gasteiger partial charge in [0, 0.05) is 13.0 Å². The van der Waals surface area contributed by atoms with Crippen molar-refractivity contribution in [3.63, 3.8) is 0 Å². The van der Waals surface area contributed by atoms with Crippen molar-refractivity contribution in [1.29, 1.82) is 5.26 Å². The second kappa shape index (κ2) is 7.41. The largest absolute Gasteiger partial charge is 0.464 e. The summed E-state index contributed by atoms with van der Waals surface area (Å²) in [4.78, 5) is 25.0. The summed E-state index contributed by atoms with van der Waals surface area (Å²) in [5.74, 6) is -0.349. The molecule has 0 N–H and O–H groups in total. The van der Waals surface area contributed by atoms with Gasteiger partial charge in [0.2, 0.25) is 0 Å². The quantitative estimate of drug-likeness (QED) is 0.573. The summed E-state index contributed by atoms with van der Waals surface area (Å²) in [6.07, 6.45) is 1.91. The van der Waals surface area contributed by atoms with E-state index in [0.29, 0.717) is 25.8 Å². The number of hydrogen-bond donors (Lipinski definition) is 0. The van der Waals surface area contributed by atoms with Gasteiger partial charge >= 0.3 is 12.1 Å². The summed E-state index contributed by atoms with van der Waals surface area (Å²) in [7, 11) is 0. The van der Waals surface area contributed by atoms with Crippen LogP contribution in [0, 0.1) is 17.2 Å². The van der Waals surface area contributed by atoms with Gasteiger partial charge in [-0.3, -0.25) is 4.90 Å². The lowest BCUT2D eigenvalue weighted by Crippen LogP contribution is -2.50. The van der Waals surface area contributed by atoms with E-state index in [9.17, 15) is 9.59 Å². The van der Waals surface area contributed by atoms with Gasteiger partial charge in [0.25, 0.3) is 0 Å². The minimum atomic E-state index is -0.681.